The molecule has 3 aromatic rings. The number of anilines is 1. The summed E-state index contributed by atoms with van der Waals surface area (Å²) in [5.74, 6) is 1.01. The molecule has 0 bridgehead atoms. The third-order valence-corrected chi connectivity index (χ3v) is 2.54. The van der Waals surface area contributed by atoms with Crippen molar-refractivity contribution < 1.29 is 4.42 Å². The van der Waals surface area contributed by atoms with Gasteiger partial charge in [0.15, 0.2) is 0 Å². The van der Waals surface area contributed by atoms with Crippen LogP contribution in [0.3, 0.4) is 0 Å². The van der Waals surface area contributed by atoms with Gasteiger partial charge in [-0.05, 0) is 31.2 Å². The molecule has 0 amide bonds. The smallest absolute Gasteiger partial charge is 0.249 e. The minimum absolute atomic E-state index is 0.435. The molecule has 0 unspecified atom stereocenters. The summed E-state index contributed by atoms with van der Waals surface area (Å²) < 4.78 is 5.59. The van der Waals surface area contributed by atoms with Gasteiger partial charge in [0.2, 0.25) is 11.6 Å². The number of hydrogen-bond acceptors (Lipinski definition) is 4. The Labute approximate surface area is 98.1 Å². The number of oxazole rings is 1. The maximum absolute atomic E-state index is 5.60. The lowest BCUT2D eigenvalue weighted by Crippen LogP contribution is -1.87. The SMILES string of the molecule is Cc1cccc(-c2nc3ccc(N)nc3o2)c1. The Morgan fingerprint density at radius 2 is 2.00 bits per heavy atom. The Morgan fingerprint density at radius 3 is 2.82 bits per heavy atom. The van der Waals surface area contributed by atoms with Gasteiger partial charge in [-0.15, -0.1) is 0 Å². The second-order valence-corrected chi connectivity index (χ2v) is 3.95. The molecular weight excluding hydrogens is 214 g/mol. The highest BCUT2D eigenvalue weighted by atomic mass is 16.4. The molecule has 17 heavy (non-hydrogen) atoms. The van der Waals surface area contributed by atoms with E-state index in [0.29, 0.717) is 17.4 Å². The van der Waals surface area contributed by atoms with Crippen LogP contribution in [-0.4, -0.2) is 9.97 Å². The third kappa shape index (κ3) is 1.73. The molecule has 3 rings (SSSR count). The number of nitrogens with zero attached hydrogens (tertiary/aromatic N) is 2. The zero-order chi connectivity index (χ0) is 11.8. The fourth-order valence-electron chi connectivity index (χ4n) is 1.73. The van der Waals surface area contributed by atoms with Crippen LogP contribution in [0.2, 0.25) is 0 Å². The number of rotatable bonds is 1. The van der Waals surface area contributed by atoms with Crippen molar-refractivity contribution in [3.63, 3.8) is 0 Å². The Morgan fingerprint density at radius 1 is 1.12 bits per heavy atom. The normalized spacial score (nSPS) is 10.9. The standard InChI is InChI=1S/C13H11N3O/c1-8-3-2-4-9(7-8)12-15-10-5-6-11(14)16-13(10)17-12/h2-7H,1H3,(H2,14,16). The van der Waals surface area contributed by atoms with Gasteiger partial charge in [-0.3, -0.25) is 0 Å². The fraction of sp³-hybridized carbons (Fsp3) is 0.0769. The van der Waals surface area contributed by atoms with E-state index in [0.717, 1.165) is 16.6 Å². The Kier molecular flexibility index (Phi) is 2.08. The highest BCUT2D eigenvalue weighted by molar-refractivity contribution is 5.74. The van der Waals surface area contributed by atoms with E-state index in [1.54, 1.807) is 12.1 Å². The molecule has 2 aromatic heterocycles. The lowest BCUT2D eigenvalue weighted by atomic mass is 10.1. The molecule has 0 aliphatic rings. The first-order valence-electron chi connectivity index (χ1n) is 5.32. The van der Waals surface area contributed by atoms with Crippen molar-refractivity contribution in [2.24, 2.45) is 0 Å². The van der Waals surface area contributed by atoms with Gasteiger partial charge in [-0.1, -0.05) is 17.7 Å². The molecule has 0 saturated carbocycles. The lowest BCUT2D eigenvalue weighted by molar-refractivity contribution is 0.608. The zero-order valence-corrected chi connectivity index (χ0v) is 9.34. The topological polar surface area (TPSA) is 64.9 Å². The first-order chi connectivity index (χ1) is 8.22. The zero-order valence-electron chi connectivity index (χ0n) is 9.34. The summed E-state index contributed by atoms with van der Waals surface area (Å²) >= 11 is 0. The largest absolute Gasteiger partial charge is 0.418 e. The van der Waals surface area contributed by atoms with Crippen molar-refractivity contribution in [2.45, 2.75) is 6.92 Å². The number of aromatic nitrogens is 2. The van der Waals surface area contributed by atoms with Gasteiger partial charge in [0.05, 0.1) is 0 Å². The van der Waals surface area contributed by atoms with Gasteiger partial charge in [0.1, 0.15) is 11.3 Å². The molecule has 0 aliphatic carbocycles. The number of nitrogens with two attached hydrogens (primary N) is 1. The Bertz CT molecular complexity index is 688. The summed E-state index contributed by atoms with van der Waals surface area (Å²) in [6.45, 7) is 2.03. The number of fused-ring (bicyclic) bond motifs is 1. The van der Waals surface area contributed by atoms with Gasteiger partial charge in [-0.2, -0.15) is 4.98 Å². The molecule has 4 nitrogen and oxygen atoms in total. The molecule has 0 aliphatic heterocycles. The van der Waals surface area contributed by atoms with Crippen molar-refractivity contribution in [2.75, 3.05) is 5.73 Å². The average Bonchev–Trinajstić information content (AvgIpc) is 2.72. The number of benzene rings is 1. The predicted octanol–water partition coefficient (Wildman–Crippen LogP) is 2.78. The van der Waals surface area contributed by atoms with Crippen molar-refractivity contribution in [1.82, 2.24) is 9.97 Å². The summed E-state index contributed by atoms with van der Waals surface area (Å²) in [6, 6.07) is 11.5. The van der Waals surface area contributed by atoms with Crippen LogP contribution < -0.4 is 5.73 Å². The minimum atomic E-state index is 0.435. The first kappa shape index (κ1) is 9.84. The Balaban J connectivity index is 2.18. The molecule has 0 atom stereocenters. The molecule has 2 N–H and O–H groups in total. The summed E-state index contributed by atoms with van der Waals surface area (Å²) in [5, 5.41) is 0. The number of pyridine rings is 1. The molecular formula is C13H11N3O. The van der Waals surface area contributed by atoms with Crippen molar-refractivity contribution >= 4 is 17.0 Å². The molecule has 84 valence electrons. The minimum Gasteiger partial charge on any atom is -0.418 e. The van der Waals surface area contributed by atoms with Crippen LogP contribution in [0.1, 0.15) is 5.56 Å². The van der Waals surface area contributed by atoms with Crippen LogP contribution in [0.25, 0.3) is 22.7 Å². The molecule has 1 aromatic carbocycles. The summed E-state index contributed by atoms with van der Waals surface area (Å²) in [5.41, 5.74) is 8.90. The molecule has 4 heteroatoms. The maximum Gasteiger partial charge on any atom is 0.249 e. The van der Waals surface area contributed by atoms with Crippen LogP contribution in [0.4, 0.5) is 5.82 Å². The summed E-state index contributed by atoms with van der Waals surface area (Å²) in [4.78, 5) is 8.47. The van der Waals surface area contributed by atoms with Crippen molar-refractivity contribution in [3.05, 3.63) is 42.0 Å². The van der Waals surface area contributed by atoms with Gasteiger partial charge < -0.3 is 10.2 Å². The van der Waals surface area contributed by atoms with E-state index < -0.39 is 0 Å². The van der Waals surface area contributed by atoms with Gasteiger partial charge >= 0.3 is 0 Å². The maximum atomic E-state index is 5.60. The molecule has 0 radical (unpaired) electrons. The first-order valence-corrected chi connectivity index (χ1v) is 5.32. The summed E-state index contributed by atoms with van der Waals surface area (Å²) in [7, 11) is 0. The van der Waals surface area contributed by atoms with Crippen molar-refractivity contribution in [1.29, 1.82) is 0 Å². The van der Waals surface area contributed by atoms with Crippen LogP contribution in [-0.2, 0) is 0 Å². The van der Waals surface area contributed by atoms with Crippen LogP contribution >= 0.6 is 0 Å². The predicted molar refractivity (Wildman–Crippen MR) is 66.4 cm³/mol. The van der Waals surface area contributed by atoms with Gasteiger partial charge in [0, 0.05) is 5.56 Å². The molecule has 2 heterocycles. The second kappa shape index (κ2) is 3.59. The Hall–Kier alpha value is -2.36. The number of aryl methyl sites for hydroxylation is 1. The fourth-order valence-corrected chi connectivity index (χ4v) is 1.73. The quantitative estimate of drug-likeness (QED) is 0.691. The molecule has 0 spiro atoms. The average molecular weight is 225 g/mol. The van der Waals surface area contributed by atoms with Crippen LogP contribution in [0.15, 0.2) is 40.8 Å². The van der Waals surface area contributed by atoms with Gasteiger partial charge in [-0.25, -0.2) is 4.98 Å². The van der Waals surface area contributed by atoms with Gasteiger partial charge in [0.25, 0.3) is 0 Å². The van der Waals surface area contributed by atoms with E-state index in [9.17, 15) is 0 Å². The van der Waals surface area contributed by atoms with Crippen molar-refractivity contribution in [3.8, 4) is 11.5 Å². The van der Waals surface area contributed by atoms with E-state index in [4.69, 9.17) is 10.2 Å². The van der Waals surface area contributed by atoms with E-state index in [2.05, 4.69) is 9.97 Å². The molecule has 0 saturated heterocycles. The van der Waals surface area contributed by atoms with E-state index in [1.807, 2.05) is 31.2 Å². The highest BCUT2D eigenvalue weighted by Gasteiger charge is 2.09. The van der Waals surface area contributed by atoms with E-state index in [-0.39, 0.29) is 0 Å². The van der Waals surface area contributed by atoms with Crippen LogP contribution in [0, 0.1) is 6.92 Å². The second-order valence-electron chi connectivity index (χ2n) is 3.95. The number of hydrogen-bond donors (Lipinski definition) is 1. The summed E-state index contributed by atoms with van der Waals surface area (Å²) in [6.07, 6.45) is 0. The highest BCUT2D eigenvalue weighted by Crippen LogP contribution is 2.24. The van der Waals surface area contributed by atoms with Crippen LogP contribution in [0.5, 0.6) is 0 Å². The lowest BCUT2D eigenvalue weighted by Gasteiger charge is -1.95. The van der Waals surface area contributed by atoms with E-state index >= 15 is 0 Å². The number of nitrogen functional groups attached to an aromatic ring is 1. The third-order valence-electron chi connectivity index (χ3n) is 2.54. The monoisotopic (exact) mass is 225 g/mol. The molecule has 0 fully saturated rings. The van der Waals surface area contributed by atoms with E-state index in [1.165, 1.54) is 0 Å².